The van der Waals surface area contributed by atoms with Gasteiger partial charge in [0.2, 0.25) is 0 Å². The van der Waals surface area contributed by atoms with E-state index in [0.29, 0.717) is 0 Å². The summed E-state index contributed by atoms with van der Waals surface area (Å²) in [5.74, 6) is 0. The average molecular weight is 98.1 g/mol. The zero-order valence-electron chi connectivity index (χ0n) is 3.22. The van der Waals surface area contributed by atoms with Crippen molar-refractivity contribution in [1.29, 1.82) is 0 Å². The maximum atomic E-state index is 3.80. The summed E-state index contributed by atoms with van der Waals surface area (Å²) < 4.78 is 3.80. The van der Waals surface area contributed by atoms with Crippen LogP contribution in [-0.4, -0.2) is 4.37 Å². The van der Waals surface area contributed by atoms with Crippen LogP contribution in [-0.2, 0) is 0 Å². The van der Waals surface area contributed by atoms with Gasteiger partial charge >= 0.3 is 0 Å². The van der Waals surface area contributed by atoms with Crippen LogP contribution in [0.4, 0.5) is 0 Å². The van der Waals surface area contributed by atoms with E-state index in [-0.39, 0.29) is 0 Å². The highest BCUT2D eigenvalue weighted by atomic mass is 32.1. The minimum Gasteiger partial charge on any atom is -0.201 e. The van der Waals surface area contributed by atoms with Gasteiger partial charge in [-0.15, -0.1) is 0 Å². The van der Waals surface area contributed by atoms with Gasteiger partial charge in [0.1, 0.15) is 0 Å². The third-order valence-corrected chi connectivity index (χ3v) is 1.12. The molecule has 0 aromatic carbocycles. The number of aromatic nitrogens is 1. The lowest BCUT2D eigenvalue weighted by molar-refractivity contribution is 1.54. The van der Waals surface area contributed by atoms with Gasteiger partial charge in [-0.1, -0.05) is 0 Å². The van der Waals surface area contributed by atoms with Crippen molar-refractivity contribution in [3.05, 3.63) is 24.1 Å². The maximum absolute atomic E-state index is 3.80. The molecule has 0 aliphatic heterocycles. The van der Waals surface area contributed by atoms with Gasteiger partial charge in [0.25, 0.3) is 0 Å². The molecule has 0 unspecified atom stereocenters. The van der Waals surface area contributed by atoms with Gasteiger partial charge in [-0.25, -0.2) is 4.37 Å². The predicted molar refractivity (Wildman–Crippen MR) is 26.6 cm³/mol. The molecule has 0 saturated heterocycles. The van der Waals surface area contributed by atoms with Crippen LogP contribution in [0.2, 0.25) is 0 Å². The fourth-order valence-electron chi connectivity index (χ4n) is 0.227. The van der Waals surface area contributed by atoms with Crippen molar-refractivity contribution in [2.24, 2.45) is 0 Å². The van der Waals surface area contributed by atoms with E-state index in [1.54, 1.807) is 6.20 Å². The molecule has 0 bridgehead atoms. The third kappa shape index (κ3) is 0.571. The molecule has 1 nitrogen and oxygen atoms in total. The Bertz CT molecular complexity index is 111. The van der Waals surface area contributed by atoms with Gasteiger partial charge in [-0.05, 0) is 24.0 Å². The SMILES string of the molecule is [CH2]c1cnsc1. The highest BCUT2D eigenvalue weighted by molar-refractivity contribution is 7.03. The molecule has 1 rings (SSSR count). The van der Waals surface area contributed by atoms with Gasteiger partial charge in [0, 0.05) is 11.6 Å². The van der Waals surface area contributed by atoms with Crippen LogP contribution in [0, 0.1) is 6.92 Å². The molecule has 6 heavy (non-hydrogen) atoms. The first-order chi connectivity index (χ1) is 2.89. The van der Waals surface area contributed by atoms with Crippen molar-refractivity contribution >= 4 is 11.5 Å². The maximum Gasteiger partial charge on any atom is 0.0439 e. The second-order valence-corrected chi connectivity index (χ2v) is 1.69. The normalized spacial score (nSPS) is 8.83. The lowest BCUT2D eigenvalue weighted by Gasteiger charge is -1.62. The van der Waals surface area contributed by atoms with Crippen LogP contribution >= 0.6 is 11.5 Å². The standard InChI is InChI=1S/C4H4NS/c1-4-2-5-6-3-4/h2-3H,1H2. The summed E-state index contributed by atoms with van der Waals surface area (Å²) in [5, 5.41) is 1.90. The average Bonchev–Trinajstić information content (AvgIpc) is 1.86. The minimum absolute atomic E-state index is 1.00. The Hall–Kier alpha value is -0.370. The number of hydrogen-bond donors (Lipinski definition) is 0. The van der Waals surface area contributed by atoms with Crippen LogP contribution < -0.4 is 0 Å². The van der Waals surface area contributed by atoms with E-state index < -0.39 is 0 Å². The molecule has 2 heteroatoms. The van der Waals surface area contributed by atoms with Crippen molar-refractivity contribution in [2.45, 2.75) is 0 Å². The molecule has 31 valence electrons. The van der Waals surface area contributed by atoms with E-state index in [2.05, 4.69) is 11.3 Å². The summed E-state index contributed by atoms with van der Waals surface area (Å²) in [6, 6.07) is 0. The number of rotatable bonds is 0. The first-order valence-corrected chi connectivity index (χ1v) is 2.44. The molecular weight excluding hydrogens is 94.1 g/mol. The quantitative estimate of drug-likeness (QED) is 0.477. The van der Waals surface area contributed by atoms with Crippen LogP contribution in [0.5, 0.6) is 0 Å². The van der Waals surface area contributed by atoms with Gasteiger partial charge in [-0.3, -0.25) is 0 Å². The molecule has 0 amide bonds. The molecule has 1 aromatic rings. The summed E-state index contributed by atoms with van der Waals surface area (Å²) in [7, 11) is 0. The molecular formula is C4H4NS. The van der Waals surface area contributed by atoms with E-state index in [0.717, 1.165) is 5.56 Å². The second kappa shape index (κ2) is 1.39. The molecule has 0 atom stereocenters. The van der Waals surface area contributed by atoms with Crippen molar-refractivity contribution in [2.75, 3.05) is 0 Å². The zero-order chi connectivity index (χ0) is 4.41. The zero-order valence-corrected chi connectivity index (χ0v) is 4.03. The smallest absolute Gasteiger partial charge is 0.0439 e. The lowest BCUT2D eigenvalue weighted by atomic mass is 10.5. The van der Waals surface area contributed by atoms with Crippen LogP contribution in [0.1, 0.15) is 5.56 Å². The fraction of sp³-hybridized carbons (Fsp3) is 0. The molecule has 0 N–H and O–H groups in total. The van der Waals surface area contributed by atoms with Gasteiger partial charge in [0.05, 0.1) is 0 Å². The Morgan fingerprint density at radius 1 is 1.83 bits per heavy atom. The third-order valence-electron chi connectivity index (χ3n) is 0.483. The van der Waals surface area contributed by atoms with Crippen molar-refractivity contribution in [3.63, 3.8) is 0 Å². The largest absolute Gasteiger partial charge is 0.201 e. The summed E-state index contributed by atoms with van der Waals surface area (Å²) in [6.45, 7) is 3.63. The van der Waals surface area contributed by atoms with Gasteiger partial charge in [0.15, 0.2) is 0 Å². The summed E-state index contributed by atoms with van der Waals surface area (Å²) in [4.78, 5) is 0. The van der Waals surface area contributed by atoms with Crippen LogP contribution in [0.3, 0.4) is 0 Å². The van der Waals surface area contributed by atoms with Crippen LogP contribution in [0.15, 0.2) is 11.6 Å². The Labute approximate surface area is 40.8 Å². The van der Waals surface area contributed by atoms with Crippen LogP contribution in [0.25, 0.3) is 0 Å². The number of nitrogens with zero attached hydrogens (tertiary/aromatic N) is 1. The lowest BCUT2D eigenvalue weighted by Crippen LogP contribution is -1.50. The molecule has 1 heterocycles. The van der Waals surface area contributed by atoms with Crippen molar-refractivity contribution in [3.8, 4) is 0 Å². The number of hydrogen-bond acceptors (Lipinski definition) is 2. The Morgan fingerprint density at radius 3 is 2.83 bits per heavy atom. The van der Waals surface area contributed by atoms with Crippen molar-refractivity contribution in [1.82, 2.24) is 4.37 Å². The summed E-state index contributed by atoms with van der Waals surface area (Å²) in [6.07, 6.45) is 1.74. The molecule has 0 saturated carbocycles. The Balaban J connectivity index is 3.05. The van der Waals surface area contributed by atoms with E-state index in [9.17, 15) is 0 Å². The van der Waals surface area contributed by atoms with E-state index in [1.807, 2.05) is 5.38 Å². The Kier molecular flexibility index (Phi) is 0.881. The predicted octanol–water partition coefficient (Wildman–Crippen LogP) is 1.33. The van der Waals surface area contributed by atoms with E-state index in [1.165, 1.54) is 11.5 Å². The topological polar surface area (TPSA) is 12.9 Å². The highest BCUT2D eigenvalue weighted by Crippen LogP contribution is 1.95. The monoisotopic (exact) mass is 98.0 g/mol. The Morgan fingerprint density at radius 2 is 2.67 bits per heavy atom. The van der Waals surface area contributed by atoms with Gasteiger partial charge in [-0.2, -0.15) is 0 Å². The summed E-state index contributed by atoms with van der Waals surface area (Å²) in [5.41, 5.74) is 1.00. The van der Waals surface area contributed by atoms with E-state index in [4.69, 9.17) is 0 Å². The first-order valence-electron chi connectivity index (χ1n) is 1.61. The first kappa shape index (κ1) is 3.81. The van der Waals surface area contributed by atoms with Crippen molar-refractivity contribution < 1.29 is 0 Å². The van der Waals surface area contributed by atoms with E-state index >= 15 is 0 Å². The molecule has 0 aliphatic carbocycles. The molecule has 0 fully saturated rings. The second-order valence-electron chi connectivity index (χ2n) is 1.03. The summed E-state index contributed by atoms with van der Waals surface area (Å²) >= 11 is 1.43. The highest BCUT2D eigenvalue weighted by Gasteiger charge is 1.76. The minimum atomic E-state index is 1.00. The fourth-order valence-corrected chi connectivity index (χ4v) is 0.680. The molecule has 1 radical (unpaired) electrons. The molecule has 0 aliphatic rings. The molecule has 1 aromatic heterocycles. The molecule has 0 spiro atoms. The van der Waals surface area contributed by atoms with Gasteiger partial charge < -0.3 is 0 Å².